The lowest BCUT2D eigenvalue weighted by Gasteiger charge is -2.33. The molecule has 2 amide bonds. The van der Waals surface area contributed by atoms with Gasteiger partial charge in [0.05, 0.1) is 12.5 Å². The molecule has 0 radical (unpaired) electrons. The van der Waals surface area contributed by atoms with Crippen LogP contribution in [0.2, 0.25) is 0 Å². The minimum Gasteiger partial charge on any atom is -0.466 e. The summed E-state index contributed by atoms with van der Waals surface area (Å²) >= 11 is 0. The van der Waals surface area contributed by atoms with Crippen molar-refractivity contribution in [2.45, 2.75) is 32.6 Å². The predicted molar refractivity (Wildman–Crippen MR) is 119 cm³/mol. The fourth-order valence-electron chi connectivity index (χ4n) is 4.26. The molecule has 1 saturated heterocycles. The maximum atomic E-state index is 12.9. The number of amides is 2. The van der Waals surface area contributed by atoms with Gasteiger partial charge in [-0.1, -0.05) is 5.16 Å². The van der Waals surface area contributed by atoms with E-state index in [1.54, 1.807) is 30.0 Å². The molecular weight excluding hydrogens is 458 g/mol. The van der Waals surface area contributed by atoms with Gasteiger partial charge in [0.2, 0.25) is 24.4 Å². The Balaban J connectivity index is 1.27. The van der Waals surface area contributed by atoms with Crippen LogP contribution in [0.3, 0.4) is 0 Å². The van der Waals surface area contributed by atoms with Gasteiger partial charge in [-0.15, -0.1) is 0 Å². The number of aromatic nitrogens is 2. The predicted octanol–water partition coefficient (Wildman–Crippen LogP) is 1.59. The lowest BCUT2D eigenvalue weighted by Crippen LogP contribution is -2.47. The molecule has 3 aliphatic heterocycles. The summed E-state index contributed by atoms with van der Waals surface area (Å²) in [5.74, 6) is 0.588. The molecule has 0 N–H and O–H groups in total. The molecule has 0 spiro atoms. The normalized spacial score (nSPS) is 19.5. The molecule has 1 aromatic carbocycles. The van der Waals surface area contributed by atoms with Crippen LogP contribution in [-0.2, 0) is 19.1 Å². The summed E-state index contributed by atoms with van der Waals surface area (Å²) in [5.41, 5.74) is 1.12. The zero-order valence-electron chi connectivity index (χ0n) is 19.3. The van der Waals surface area contributed by atoms with E-state index >= 15 is 0 Å². The van der Waals surface area contributed by atoms with Crippen LogP contribution in [0.15, 0.2) is 27.8 Å². The summed E-state index contributed by atoms with van der Waals surface area (Å²) < 4.78 is 21.2. The lowest BCUT2D eigenvalue weighted by atomic mass is 9.98. The number of piperidine rings is 1. The minimum absolute atomic E-state index is 0.163. The molecule has 1 aromatic heterocycles. The maximum Gasteiger partial charge on any atom is 0.310 e. The first kappa shape index (κ1) is 22.8. The highest BCUT2D eigenvalue weighted by Gasteiger charge is 2.32. The van der Waals surface area contributed by atoms with E-state index in [-0.39, 0.29) is 55.9 Å². The van der Waals surface area contributed by atoms with E-state index in [0.717, 1.165) is 5.01 Å². The Morgan fingerprint density at radius 3 is 2.91 bits per heavy atom. The molecule has 4 heterocycles. The van der Waals surface area contributed by atoms with Crippen molar-refractivity contribution in [3.63, 3.8) is 0 Å². The van der Waals surface area contributed by atoms with Crippen LogP contribution in [0.1, 0.15) is 38.5 Å². The standard InChI is InChI=1S/C23H25N5O7/c1-2-32-23(31)15-4-3-9-27(11-15)20(30)12-28-19(29)8-6-16(25-28)22-24-21(26-35-22)14-5-7-17-18(10-14)34-13-33-17/h5,7,10,15H,2-4,6,8-9,11-13H2,1H3/t15-/m1/s1. The molecule has 35 heavy (non-hydrogen) atoms. The summed E-state index contributed by atoms with van der Waals surface area (Å²) in [4.78, 5) is 43.5. The van der Waals surface area contributed by atoms with Crippen LogP contribution < -0.4 is 9.47 Å². The van der Waals surface area contributed by atoms with Crippen molar-refractivity contribution in [2.75, 3.05) is 33.0 Å². The number of benzene rings is 1. The Morgan fingerprint density at radius 2 is 2.06 bits per heavy atom. The summed E-state index contributed by atoms with van der Waals surface area (Å²) in [6, 6.07) is 5.32. The second-order valence-corrected chi connectivity index (χ2v) is 8.42. The van der Waals surface area contributed by atoms with E-state index in [1.807, 2.05) is 0 Å². The van der Waals surface area contributed by atoms with Crippen LogP contribution >= 0.6 is 0 Å². The number of rotatable bonds is 6. The monoisotopic (exact) mass is 483 g/mol. The van der Waals surface area contributed by atoms with Gasteiger partial charge in [-0.3, -0.25) is 14.4 Å². The van der Waals surface area contributed by atoms with Gasteiger partial charge in [-0.2, -0.15) is 10.1 Å². The number of carbonyl (C=O) groups is 3. The number of hydrazone groups is 1. The number of carbonyl (C=O) groups excluding carboxylic acids is 3. The molecule has 0 saturated carbocycles. The molecule has 1 fully saturated rings. The highest BCUT2D eigenvalue weighted by molar-refractivity contribution is 6.01. The van der Waals surface area contributed by atoms with Gasteiger partial charge in [0.1, 0.15) is 12.3 Å². The molecule has 12 heteroatoms. The Labute approximate surface area is 200 Å². The molecule has 184 valence electrons. The van der Waals surface area contributed by atoms with Crippen molar-refractivity contribution in [3.8, 4) is 22.9 Å². The van der Waals surface area contributed by atoms with Crippen molar-refractivity contribution < 1.29 is 33.1 Å². The van der Waals surface area contributed by atoms with Crippen LogP contribution in [0.5, 0.6) is 11.5 Å². The van der Waals surface area contributed by atoms with E-state index < -0.39 is 0 Å². The van der Waals surface area contributed by atoms with E-state index in [4.69, 9.17) is 18.7 Å². The van der Waals surface area contributed by atoms with Crippen LogP contribution in [0.25, 0.3) is 11.4 Å². The zero-order valence-corrected chi connectivity index (χ0v) is 19.3. The highest BCUT2D eigenvalue weighted by Crippen LogP contribution is 2.35. The van der Waals surface area contributed by atoms with Gasteiger partial charge < -0.3 is 23.6 Å². The number of esters is 1. The van der Waals surface area contributed by atoms with Crippen LogP contribution in [-0.4, -0.2) is 76.6 Å². The second kappa shape index (κ2) is 9.72. The zero-order chi connectivity index (χ0) is 24.4. The maximum absolute atomic E-state index is 12.9. The van der Waals surface area contributed by atoms with Crippen molar-refractivity contribution in [2.24, 2.45) is 11.0 Å². The van der Waals surface area contributed by atoms with E-state index in [2.05, 4.69) is 15.2 Å². The highest BCUT2D eigenvalue weighted by atomic mass is 16.7. The fourth-order valence-corrected chi connectivity index (χ4v) is 4.26. The number of likely N-dealkylation sites (tertiary alicyclic amines) is 1. The molecule has 0 aliphatic carbocycles. The summed E-state index contributed by atoms with van der Waals surface area (Å²) in [5, 5.41) is 9.49. The molecule has 0 bridgehead atoms. The number of ether oxygens (including phenoxy) is 3. The average Bonchev–Trinajstić information content (AvgIpc) is 3.55. The number of nitrogens with zero attached hydrogens (tertiary/aromatic N) is 5. The lowest BCUT2D eigenvalue weighted by molar-refractivity contribution is -0.152. The Kier molecular flexibility index (Phi) is 6.34. The second-order valence-electron chi connectivity index (χ2n) is 8.42. The van der Waals surface area contributed by atoms with Crippen LogP contribution in [0, 0.1) is 5.92 Å². The minimum atomic E-state index is -0.350. The summed E-state index contributed by atoms with van der Waals surface area (Å²) in [6.45, 7) is 2.80. The molecule has 1 atom stereocenters. The van der Waals surface area contributed by atoms with E-state index in [0.29, 0.717) is 61.0 Å². The average molecular weight is 483 g/mol. The first-order chi connectivity index (χ1) is 17.0. The topological polar surface area (TPSA) is 137 Å². The van der Waals surface area contributed by atoms with Gasteiger partial charge >= 0.3 is 5.97 Å². The number of hydrogen-bond acceptors (Lipinski definition) is 10. The molecular formula is C23H25N5O7. The Hall–Kier alpha value is -3.96. The third-order valence-electron chi connectivity index (χ3n) is 6.09. The molecule has 12 nitrogen and oxygen atoms in total. The first-order valence-electron chi connectivity index (χ1n) is 11.6. The Bertz CT molecular complexity index is 1180. The van der Waals surface area contributed by atoms with Gasteiger partial charge in [0, 0.05) is 31.5 Å². The summed E-state index contributed by atoms with van der Waals surface area (Å²) in [6.07, 6.45) is 1.86. The summed E-state index contributed by atoms with van der Waals surface area (Å²) in [7, 11) is 0. The SMILES string of the molecule is CCOC(=O)[C@@H]1CCCN(C(=O)CN2N=C(c3nc(-c4ccc5c(c4)OCO5)no3)CCC2=O)C1. The van der Waals surface area contributed by atoms with Crippen molar-refractivity contribution in [1.29, 1.82) is 0 Å². The van der Waals surface area contributed by atoms with Crippen molar-refractivity contribution in [3.05, 3.63) is 24.1 Å². The quantitative estimate of drug-likeness (QED) is 0.561. The Morgan fingerprint density at radius 1 is 1.20 bits per heavy atom. The molecule has 0 unspecified atom stereocenters. The van der Waals surface area contributed by atoms with Gasteiger partial charge in [0.25, 0.3) is 5.89 Å². The largest absolute Gasteiger partial charge is 0.466 e. The van der Waals surface area contributed by atoms with Crippen LogP contribution in [0.4, 0.5) is 0 Å². The fraction of sp³-hybridized carbons (Fsp3) is 0.478. The van der Waals surface area contributed by atoms with E-state index in [9.17, 15) is 14.4 Å². The van der Waals surface area contributed by atoms with Gasteiger partial charge in [-0.25, -0.2) is 5.01 Å². The number of hydrogen-bond donors (Lipinski definition) is 0. The molecule has 5 rings (SSSR count). The van der Waals surface area contributed by atoms with E-state index in [1.165, 1.54) is 0 Å². The number of fused-ring (bicyclic) bond motifs is 1. The van der Waals surface area contributed by atoms with Crippen molar-refractivity contribution in [1.82, 2.24) is 20.0 Å². The molecule has 2 aromatic rings. The third-order valence-corrected chi connectivity index (χ3v) is 6.09. The third kappa shape index (κ3) is 4.81. The molecule has 3 aliphatic rings. The first-order valence-corrected chi connectivity index (χ1v) is 11.6. The smallest absolute Gasteiger partial charge is 0.310 e. The van der Waals surface area contributed by atoms with Gasteiger partial charge in [-0.05, 0) is 38.0 Å². The van der Waals surface area contributed by atoms with Crippen molar-refractivity contribution >= 4 is 23.5 Å². The van der Waals surface area contributed by atoms with Gasteiger partial charge in [0.15, 0.2) is 11.5 Å².